The maximum atomic E-state index is 17.0. The van der Waals surface area contributed by atoms with Crippen molar-refractivity contribution in [3.63, 3.8) is 0 Å². The highest BCUT2D eigenvalue weighted by atomic mass is 35.5. The van der Waals surface area contributed by atoms with Crippen LogP contribution in [0.5, 0.6) is 11.5 Å². The molecule has 2 aromatic heterocycles. The highest BCUT2D eigenvalue weighted by Gasteiger charge is 2.41. The van der Waals surface area contributed by atoms with E-state index in [1.165, 1.54) is 33.3 Å². The first-order valence-electron chi connectivity index (χ1n) is 18.5. The maximum absolute atomic E-state index is 17.0. The minimum Gasteiger partial charge on any atom is -0.497 e. The number of nitrogens with zero attached hydrogens (tertiary/aromatic N) is 6. The second-order valence-corrected chi connectivity index (χ2v) is 15.6. The van der Waals surface area contributed by atoms with Crippen LogP contribution in [0.25, 0.3) is 22.2 Å². The van der Waals surface area contributed by atoms with Crippen LogP contribution in [0.15, 0.2) is 60.7 Å². The van der Waals surface area contributed by atoms with Crippen molar-refractivity contribution >= 4 is 40.2 Å². The molecule has 1 amide bonds. The van der Waals surface area contributed by atoms with E-state index in [9.17, 15) is 18.0 Å². The summed E-state index contributed by atoms with van der Waals surface area (Å²) in [6.45, 7) is 9.04. The van der Waals surface area contributed by atoms with Crippen LogP contribution < -0.4 is 19.3 Å². The van der Waals surface area contributed by atoms with Gasteiger partial charge in [-0.05, 0) is 94.1 Å². The fourth-order valence-corrected chi connectivity index (χ4v) is 7.57. The van der Waals surface area contributed by atoms with Crippen LogP contribution in [-0.4, -0.2) is 71.4 Å². The van der Waals surface area contributed by atoms with Crippen molar-refractivity contribution in [1.29, 1.82) is 0 Å². The first-order valence-corrected chi connectivity index (χ1v) is 18.8. The van der Waals surface area contributed by atoms with Gasteiger partial charge >= 0.3 is 18.3 Å². The van der Waals surface area contributed by atoms with Crippen molar-refractivity contribution < 1.29 is 41.0 Å². The fourth-order valence-electron chi connectivity index (χ4n) is 7.29. The number of aromatic nitrogens is 3. The molecule has 1 aliphatic heterocycles. The highest BCUT2D eigenvalue weighted by Crippen LogP contribution is 2.45. The number of benzene rings is 3. The lowest BCUT2D eigenvalue weighted by Crippen LogP contribution is -2.45. The standard InChI is InChI=1S/C42H44ClF5N6O4/c1-23-19-32(53(21-25-9-13-27(56-7)14-10-25)22-26-11-15-28(57-8)16-12-26)49-37(34(23)42(46,47)48)33-30(43)20-29-36(35(33)44)50-39(45)51-38(29)52(6)31-17-18-54(24(31)2)40(55)58-41(3,4)5/h9-16,19-20,24,31H,17-18,21-22H2,1-8H3/t24-,31-/m1/s1. The molecule has 0 bridgehead atoms. The van der Waals surface area contributed by atoms with Crippen molar-refractivity contribution in [1.82, 2.24) is 19.9 Å². The van der Waals surface area contributed by atoms with E-state index in [4.69, 9.17) is 25.8 Å². The number of halogens is 6. The summed E-state index contributed by atoms with van der Waals surface area (Å²) in [6, 6.07) is 16.0. The Morgan fingerprint density at radius 2 is 1.48 bits per heavy atom. The summed E-state index contributed by atoms with van der Waals surface area (Å²) in [6.07, 6.45) is -6.39. The number of methoxy groups -OCH3 is 2. The van der Waals surface area contributed by atoms with Crippen molar-refractivity contribution in [3.05, 3.63) is 99.8 Å². The van der Waals surface area contributed by atoms with Crippen LogP contribution in [0.2, 0.25) is 5.02 Å². The van der Waals surface area contributed by atoms with Gasteiger partial charge in [-0.3, -0.25) is 0 Å². The van der Waals surface area contributed by atoms with Crippen molar-refractivity contribution in [2.24, 2.45) is 0 Å². The number of fused-ring (bicyclic) bond motifs is 1. The Morgan fingerprint density at radius 1 is 0.914 bits per heavy atom. The summed E-state index contributed by atoms with van der Waals surface area (Å²) in [7, 11) is 4.68. The minimum absolute atomic E-state index is 0.0415. The van der Waals surface area contributed by atoms with E-state index in [1.54, 1.807) is 73.7 Å². The van der Waals surface area contributed by atoms with Gasteiger partial charge in [-0.2, -0.15) is 27.5 Å². The number of hydrogen-bond donors (Lipinski definition) is 0. The monoisotopic (exact) mass is 826 g/mol. The number of carbonyl (C=O) groups excluding carboxylic acids is 1. The van der Waals surface area contributed by atoms with Crippen LogP contribution in [-0.2, 0) is 24.0 Å². The minimum atomic E-state index is -4.99. The molecule has 0 aliphatic carbocycles. The van der Waals surface area contributed by atoms with Crippen LogP contribution >= 0.6 is 11.6 Å². The fraction of sp³-hybridized carbons (Fsp3) is 0.381. The number of hydrogen-bond acceptors (Lipinski definition) is 9. The van der Waals surface area contributed by atoms with Gasteiger partial charge in [0.15, 0.2) is 5.82 Å². The summed E-state index contributed by atoms with van der Waals surface area (Å²) in [4.78, 5) is 30.0. The molecular weight excluding hydrogens is 783 g/mol. The highest BCUT2D eigenvalue weighted by molar-refractivity contribution is 6.34. The third kappa shape index (κ3) is 8.83. The zero-order valence-electron chi connectivity index (χ0n) is 33.3. The average Bonchev–Trinajstić information content (AvgIpc) is 3.54. The molecule has 1 fully saturated rings. The van der Waals surface area contributed by atoms with Gasteiger partial charge in [-0.1, -0.05) is 35.9 Å². The summed E-state index contributed by atoms with van der Waals surface area (Å²) >= 11 is 6.78. The molecule has 6 rings (SSSR count). The zero-order chi connectivity index (χ0) is 42.3. The lowest BCUT2D eigenvalue weighted by molar-refractivity contribution is -0.137. The van der Waals surface area contributed by atoms with Gasteiger partial charge < -0.3 is 28.9 Å². The molecule has 2 atom stereocenters. The molecule has 3 aromatic carbocycles. The maximum Gasteiger partial charge on any atom is 0.418 e. The average molecular weight is 827 g/mol. The quantitative estimate of drug-likeness (QED) is 0.101. The molecule has 308 valence electrons. The molecule has 0 radical (unpaired) electrons. The van der Waals surface area contributed by atoms with Gasteiger partial charge in [0.25, 0.3) is 0 Å². The van der Waals surface area contributed by atoms with Gasteiger partial charge in [0.05, 0.1) is 48.1 Å². The van der Waals surface area contributed by atoms with Crippen LogP contribution in [0.4, 0.5) is 38.4 Å². The lowest BCUT2D eigenvalue weighted by Gasteiger charge is -2.33. The molecule has 3 heterocycles. The Labute approximate surface area is 338 Å². The molecule has 0 unspecified atom stereocenters. The summed E-state index contributed by atoms with van der Waals surface area (Å²) in [5.74, 6) is -0.0288. The molecule has 0 N–H and O–H groups in total. The Kier molecular flexibility index (Phi) is 11.9. The molecule has 16 heteroatoms. The zero-order valence-corrected chi connectivity index (χ0v) is 34.1. The van der Waals surface area contributed by atoms with E-state index < -0.39 is 69.2 Å². The second kappa shape index (κ2) is 16.4. The Morgan fingerprint density at radius 3 is 2.00 bits per heavy atom. The molecule has 1 aliphatic rings. The predicted octanol–water partition coefficient (Wildman–Crippen LogP) is 10.0. The van der Waals surface area contributed by atoms with Gasteiger partial charge in [0, 0.05) is 32.1 Å². The predicted molar refractivity (Wildman–Crippen MR) is 213 cm³/mol. The van der Waals surface area contributed by atoms with E-state index in [2.05, 4.69) is 15.0 Å². The smallest absolute Gasteiger partial charge is 0.418 e. The van der Waals surface area contributed by atoms with E-state index >= 15 is 8.78 Å². The number of amides is 1. The van der Waals surface area contributed by atoms with Crippen LogP contribution in [0.1, 0.15) is 56.4 Å². The lowest BCUT2D eigenvalue weighted by atomic mass is 9.98. The summed E-state index contributed by atoms with van der Waals surface area (Å²) in [5, 5.41) is -0.462. The first kappa shape index (κ1) is 42.2. The Balaban J connectivity index is 1.47. The van der Waals surface area contributed by atoms with Crippen LogP contribution in [0, 0.1) is 18.8 Å². The van der Waals surface area contributed by atoms with Crippen molar-refractivity contribution in [2.45, 2.75) is 78.0 Å². The molecular formula is C42H44ClF5N6O4. The number of anilines is 2. The number of carbonyl (C=O) groups is 1. The molecule has 58 heavy (non-hydrogen) atoms. The van der Waals surface area contributed by atoms with Gasteiger partial charge in [0.1, 0.15) is 34.3 Å². The summed E-state index contributed by atoms with van der Waals surface area (Å²) in [5.41, 5.74) is -2.67. The normalized spacial score (nSPS) is 15.8. The SMILES string of the molecule is COc1ccc(CN(Cc2ccc(OC)cc2)c2cc(C)c(C(F)(F)F)c(-c3c(Cl)cc4c(N(C)[C@@H]5CCN(C(=O)OC(C)(C)C)[C@@H]5C)nc(F)nc4c3F)n2)cc1. The molecule has 0 saturated carbocycles. The van der Waals surface area contributed by atoms with Gasteiger partial charge in [-0.25, -0.2) is 14.2 Å². The Hall–Kier alpha value is -5.44. The number of pyridine rings is 1. The molecule has 10 nitrogen and oxygen atoms in total. The molecule has 1 saturated heterocycles. The molecule has 5 aromatic rings. The van der Waals surface area contributed by atoms with Crippen molar-refractivity contribution in [3.8, 4) is 22.8 Å². The number of aryl methyl sites for hydroxylation is 1. The second-order valence-electron chi connectivity index (χ2n) is 15.2. The largest absolute Gasteiger partial charge is 0.497 e. The number of ether oxygens (including phenoxy) is 3. The van der Waals surface area contributed by atoms with Crippen LogP contribution in [0.3, 0.4) is 0 Å². The third-order valence-corrected chi connectivity index (χ3v) is 10.4. The number of likely N-dealkylation sites (N-methyl/N-ethyl adjacent to an activating group) is 1. The number of likely N-dealkylation sites (tertiary alicyclic amines) is 1. The van der Waals surface area contributed by atoms with Crippen molar-refractivity contribution in [2.75, 3.05) is 37.6 Å². The topological polar surface area (TPSA) is 93.2 Å². The Bertz CT molecular complexity index is 2260. The third-order valence-electron chi connectivity index (χ3n) is 10.1. The first-order chi connectivity index (χ1) is 27.3. The van der Waals surface area contributed by atoms with E-state index in [-0.39, 0.29) is 35.7 Å². The number of alkyl halides is 3. The van der Waals surface area contributed by atoms with E-state index in [0.29, 0.717) is 24.5 Å². The van der Waals surface area contributed by atoms with Gasteiger partial charge in [-0.15, -0.1) is 0 Å². The summed E-state index contributed by atoms with van der Waals surface area (Å²) < 4.78 is 93.4. The number of rotatable bonds is 10. The molecule has 0 spiro atoms. The van der Waals surface area contributed by atoms with E-state index in [1.807, 2.05) is 24.3 Å². The van der Waals surface area contributed by atoms with Gasteiger partial charge in [0.2, 0.25) is 0 Å². The van der Waals surface area contributed by atoms with E-state index in [0.717, 1.165) is 11.1 Å².